The molecule has 1 unspecified atom stereocenters. The van der Waals surface area contributed by atoms with Crippen LogP contribution in [0.4, 0.5) is 0 Å². The molecule has 1 aromatic heterocycles. The average molecular weight is 492 g/mol. The zero-order valence-electron chi connectivity index (χ0n) is 21.3. The maximum atomic E-state index is 12.3. The van der Waals surface area contributed by atoms with Gasteiger partial charge < -0.3 is 19.3 Å². The Labute approximate surface area is 209 Å². The lowest BCUT2D eigenvalue weighted by Crippen LogP contribution is -2.38. The van der Waals surface area contributed by atoms with Crippen LogP contribution >= 0.6 is 11.3 Å². The first-order valence-electron chi connectivity index (χ1n) is 12.0. The lowest BCUT2D eigenvalue weighted by Gasteiger charge is -2.26. The van der Waals surface area contributed by atoms with E-state index in [1.54, 1.807) is 11.3 Å². The van der Waals surface area contributed by atoms with E-state index >= 15 is 0 Å². The lowest BCUT2D eigenvalue weighted by atomic mass is 9.89. The molecule has 0 aliphatic carbocycles. The lowest BCUT2D eigenvalue weighted by molar-refractivity contribution is -0.145. The van der Waals surface area contributed by atoms with Gasteiger partial charge in [-0.3, -0.25) is 9.69 Å². The van der Waals surface area contributed by atoms with Crippen LogP contribution in [0.25, 0.3) is 5.57 Å². The summed E-state index contributed by atoms with van der Waals surface area (Å²) in [7, 11) is 1.00. The standard InChI is InChI=1S/C24H31NO4S.C2H6.CH4O/c1-4-28-24(26)19(3)18(2)23-16-22(29-13-10-25-8-11-27-12-9-25)6-5-21(23)15-20-7-14-30-17-20;2*1-2/h5-7,14,16-17,19H,2,4,8-13,15H2,1,3H3;1-2H3;2H,1H3. The quantitative estimate of drug-likeness (QED) is 0.477. The van der Waals surface area contributed by atoms with Gasteiger partial charge in [-0.2, -0.15) is 11.3 Å². The monoisotopic (exact) mass is 491 g/mol. The number of benzene rings is 1. The number of thiophene rings is 1. The minimum atomic E-state index is -0.408. The highest BCUT2D eigenvalue weighted by molar-refractivity contribution is 7.07. The zero-order valence-corrected chi connectivity index (χ0v) is 22.2. The minimum Gasteiger partial charge on any atom is -0.492 e. The zero-order chi connectivity index (χ0) is 25.3. The van der Waals surface area contributed by atoms with Crippen LogP contribution in [-0.2, 0) is 20.7 Å². The summed E-state index contributed by atoms with van der Waals surface area (Å²) in [6.45, 7) is 17.2. The Hall–Kier alpha value is -2.19. The van der Waals surface area contributed by atoms with Gasteiger partial charge in [0, 0.05) is 26.7 Å². The van der Waals surface area contributed by atoms with E-state index < -0.39 is 5.92 Å². The highest BCUT2D eigenvalue weighted by atomic mass is 32.1. The molecular formula is C27H41NO5S. The van der Waals surface area contributed by atoms with Gasteiger partial charge in [-0.05, 0) is 71.5 Å². The van der Waals surface area contributed by atoms with Crippen LogP contribution in [0.3, 0.4) is 0 Å². The summed E-state index contributed by atoms with van der Waals surface area (Å²) in [5, 5.41) is 11.2. The molecule has 6 nitrogen and oxygen atoms in total. The summed E-state index contributed by atoms with van der Waals surface area (Å²) in [4.78, 5) is 14.6. The van der Waals surface area contributed by atoms with E-state index in [-0.39, 0.29) is 5.97 Å². The highest BCUT2D eigenvalue weighted by Gasteiger charge is 2.21. The number of carbonyl (C=O) groups excluding carboxylic acids is 1. The smallest absolute Gasteiger partial charge is 0.313 e. The highest BCUT2D eigenvalue weighted by Crippen LogP contribution is 2.31. The minimum absolute atomic E-state index is 0.248. The van der Waals surface area contributed by atoms with Crippen molar-refractivity contribution in [1.29, 1.82) is 0 Å². The molecule has 190 valence electrons. The molecule has 0 bridgehead atoms. The first-order chi connectivity index (χ1) is 16.6. The van der Waals surface area contributed by atoms with Crippen molar-refractivity contribution in [3.8, 4) is 5.75 Å². The van der Waals surface area contributed by atoms with Crippen molar-refractivity contribution in [1.82, 2.24) is 4.90 Å². The molecular weight excluding hydrogens is 450 g/mol. The number of esters is 1. The number of rotatable bonds is 10. The molecule has 1 fully saturated rings. The first-order valence-corrected chi connectivity index (χ1v) is 12.9. The Balaban J connectivity index is 0.00000137. The van der Waals surface area contributed by atoms with Gasteiger partial charge >= 0.3 is 5.97 Å². The van der Waals surface area contributed by atoms with Crippen LogP contribution in [0.5, 0.6) is 5.75 Å². The fourth-order valence-corrected chi connectivity index (χ4v) is 4.14. The van der Waals surface area contributed by atoms with Gasteiger partial charge in [0.1, 0.15) is 12.4 Å². The number of aliphatic hydroxyl groups excluding tert-OH is 1. The number of carbonyl (C=O) groups is 1. The van der Waals surface area contributed by atoms with Crippen molar-refractivity contribution in [2.24, 2.45) is 5.92 Å². The summed E-state index contributed by atoms with van der Waals surface area (Å²) < 4.78 is 16.6. The number of morpholine rings is 1. The third-order valence-electron chi connectivity index (χ3n) is 5.34. The van der Waals surface area contributed by atoms with Gasteiger partial charge in [0.05, 0.1) is 25.7 Å². The normalized spacial score (nSPS) is 14.1. The molecule has 1 saturated heterocycles. The predicted molar refractivity (Wildman–Crippen MR) is 141 cm³/mol. The molecule has 1 atom stereocenters. The third kappa shape index (κ3) is 9.58. The fraction of sp³-hybridized carbons (Fsp3) is 0.519. The Kier molecular flexibility index (Phi) is 15.2. The SMILES string of the molecule is C=C(c1cc(OCCN2CCOCC2)ccc1Cc1ccsc1)C(C)C(=O)OCC.CC.CO. The Morgan fingerprint density at radius 2 is 1.94 bits per heavy atom. The number of hydrogen-bond acceptors (Lipinski definition) is 7. The molecule has 2 aromatic rings. The van der Waals surface area contributed by atoms with Crippen molar-refractivity contribution in [2.45, 2.75) is 34.1 Å². The Bertz CT molecular complexity index is 832. The van der Waals surface area contributed by atoms with Crippen LogP contribution in [0.15, 0.2) is 41.6 Å². The van der Waals surface area contributed by atoms with Crippen LogP contribution in [-0.4, -0.2) is 69.1 Å². The van der Waals surface area contributed by atoms with E-state index in [0.29, 0.717) is 13.2 Å². The molecule has 7 heteroatoms. The van der Waals surface area contributed by atoms with Gasteiger partial charge in [0.2, 0.25) is 0 Å². The molecule has 0 radical (unpaired) electrons. The molecule has 34 heavy (non-hydrogen) atoms. The van der Waals surface area contributed by atoms with Crippen molar-refractivity contribution in [2.75, 3.05) is 53.2 Å². The van der Waals surface area contributed by atoms with E-state index in [1.165, 1.54) is 5.56 Å². The topological polar surface area (TPSA) is 68.2 Å². The maximum absolute atomic E-state index is 12.3. The van der Waals surface area contributed by atoms with E-state index in [2.05, 4.69) is 34.4 Å². The molecule has 1 aliphatic rings. The van der Waals surface area contributed by atoms with Crippen LogP contribution < -0.4 is 4.74 Å². The Morgan fingerprint density at radius 1 is 1.24 bits per heavy atom. The third-order valence-corrected chi connectivity index (χ3v) is 6.08. The summed E-state index contributed by atoms with van der Waals surface area (Å²) in [5.41, 5.74) is 4.11. The molecule has 1 aliphatic heterocycles. The van der Waals surface area contributed by atoms with Gasteiger partial charge in [-0.1, -0.05) is 26.5 Å². The van der Waals surface area contributed by atoms with Crippen molar-refractivity contribution < 1.29 is 24.1 Å². The van der Waals surface area contributed by atoms with Crippen molar-refractivity contribution >= 4 is 22.9 Å². The molecule has 3 rings (SSSR count). The summed E-state index contributed by atoms with van der Waals surface area (Å²) >= 11 is 1.68. The molecule has 1 N–H and O–H groups in total. The average Bonchev–Trinajstić information content (AvgIpc) is 3.40. The molecule has 2 heterocycles. The maximum Gasteiger partial charge on any atom is 0.313 e. The predicted octanol–water partition coefficient (Wildman–Crippen LogP) is 4.90. The summed E-state index contributed by atoms with van der Waals surface area (Å²) in [5.74, 6) is 0.141. The van der Waals surface area contributed by atoms with Crippen LogP contribution in [0, 0.1) is 5.92 Å². The second kappa shape index (κ2) is 17.3. The van der Waals surface area contributed by atoms with Crippen LogP contribution in [0.2, 0.25) is 0 Å². The van der Waals surface area contributed by atoms with Crippen molar-refractivity contribution in [3.05, 3.63) is 58.3 Å². The second-order valence-electron chi connectivity index (χ2n) is 7.43. The number of aliphatic hydroxyl groups is 1. The van der Waals surface area contributed by atoms with Gasteiger partial charge in [0.25, 0.3) is 0 Å². The summed E-state index contributed by atoms with van der Waals surface area (Å²) in [6, 6.07) is 8.23. The van der Waals surface area contributed by atoms with Gasteiger partial charge in [-0.25, -0.2) is 0 Å². The second-order valence-corrected chi connectivity index (χ2v) is 8.21. The fourth-order valence-electron chi connectivity index (χ4n) is 3.47. The Morgan fingerprint density at radius 3 is 2.56 bits per heavy atom. The summed E-state index contributed by atoms with van der Waals surface area (Å²) in [6.07, 6.45) is 0.793. The first kappa shape index (κ1) is 29.8. The van der Waals surface area contributed by atoms with E-state index in [9.17, 15) is 4.79 Å². The molecule has 1 aromatic carbocycles. The molecule has 0 saturated carbocycles. The molecule has 0 amide bonds. The van der Waals surface area contributed by atoms with Crippen molar-refractivity contribution in [3.63, 3.8) is 0 Å². The van der Waals surface area contributed by atoms with E-state index in [4.69, 9.17) is 19.3 Å². The molecule has 0 spiro atoms. The van der Waals surface area contributed by atoms with Gasteiger partial charge in [-0.15, -0.1) is 0 Å². The number of hydrogen-bond donors (Lipinski definition) is 1. The largest absolute Gasteiger partial charge is 0.492 e. The van der Waals surface area contributed by atoms with E-state index in [0.717, 1.165) is 68.8 Å². The van der Waals surface area contributed by atoms with Gasteiger partial charge in [0.15, 0.2) is 0 Å². The number of nitrogens with zero attached hydrogens (tertiary/aromatic N) is 1. The van der Waals surface area contributed by atoms with E-state index in [1.807, 2.05) is 39.8 Å². The number of ether oxygens (including phenoxy) is 3. The van der Waals surface area contributed by atoms with Crippen LogP contribution in [0.1, 0.15) is 44.4 Å².